The van der Waals surface area contributed by atoms with Crippen LogP contribution in [0.5, 0.6) is 0 Å². The smallest absolute Gasteiger partial charge is 0.267 e. The van der Waals surface area contributed by atoms with Gasteiger partial charge in [-0.2, -0.15) is 5.01 Å². The first-order valence-electron chi connectivity index (χ1n) is 7.51. The predicted octanol–water partition coefficient (Wildman–Crippen LogP) is 3.79. The summed E-state index contributed by atoms with van der Waals surface area (Å²) in [4.78, 5) is 25.1. The Bertz CT molecular complexity index is 862. The summed E-state index contributed by atoms with van der Waals surface area (Å²) >= 11 is 6.35. The maximum Gasteiger partial charge on any atom is 0.285 e. The summed E-state index contributed by atoms with van der Waals surface area (Å²) < 4.78 is 0.300. The third kappa shape index (κ3) is 4.23. The molecule has 0 radical (unpaired) electrons. The highest BCUT2D eigenvalue weighted by atomic mass is 32.2. The van der Waals surface area contributed by atoms with Gasteiger partial charge in [0.1, 0.15) is 0 Å². The molecule has 2 amide bonds. The van der Waals surface area contributed by atoms with Crippen LogP contribution in [0.15, 0.2) is 77.7 Å². The van der Waals surface area contributed by atoms with E-state index in [1.807, 2.05) is 42.5 Å². The number of benzene rings is 2. The lowest BCUT2D eigenvalue weighted by molar-refractivity contribution is -0.123. The minimum absolute atomic E-state index is 0.300. The van der Waals surface area contributed by atoms with Gasteiger partial charge in [0.2, 0.25) is 0 Å². The van der Waals surface area contributed by atoms with Crippen molar-refractivity contribution in [2.24, 2.45) is 0 Å². The summed E-state index contributed by atoms with van der Waals surface area (Å²) in [5.41, 5.74) is 4.05. The third-order valence-electron chi connectivity index (χ3n) is 3.38. The fourth-order valence-corrected chi connectivity index (χ4v) is 3.28. The first-order valence-corrected chi connectivity index (χ1v) is 8.73. The molecule has 0 unspecified atom stereocenters. The number of allylic oxidation sites excluding steroid dienone is 2. The van der Waals surface area contributed by atoms with E-state index < -0.39 is 0 Å². The number of rotatable bonds is 4. The van der Waals surface area contributed by atoms with Crippen molar-refractivity contribution in [1.82, 2.24) is 10.4 Å². The number of thioether (sulfide) groups is 1. The fourth-order valence-electron chi connectivity index (χ4n) is 2.14. The van der Waals surface area contributed by atoms with Crippen LogP contribution in [0.3, 0.4) is 0 Å². The second kappa shape index (κ2) is 7.92. The Hall–Kier alpha value is -2.70. The second-order valence-electron chi connectivity index (χ2n) is 5.12. The van der Waals surface area contributed by atoms with Crippen molar-refractivity contribution in [2.75, 3.05) is 0 Å². The van der Waals surface area contributed by atoms with Gasteiger partial charge in [-0.05, 0) is 36.0 Å². The predicted molar refractivity (Wildman–Crippen MR) is 105 cm³/mol. The molecule has 3 rings (SSSR count). The van der Waals surface area contributed by atoms with Crippen molar-refractivity contribution < 1.29 is 9.59 Å². The van der Waals surface area contributed by atoms with Crippen LogP contribution in [0.1, 0.15) is 15.9 Å². The van der Waals surface area contributed by atoms with Gasteiger partial charge in [0, 0.05) is 5.56 Å². The summed E-state index contributed by atoms with van der Waals surface area (Å²) in [5, 5.41) is 1.11. The van der Waals surface area contributed by atoms with Crippen molar-refractivity contribution in [3.8, 4) is 0 Å². The first-order chi connectivity index (χ1) is 12.1. The average Bonchev–Trinajstić information content (AvgIpc) is 2.91. The molecule has 1 aliphatic rings. The molecule has 6 heteroatoms. The molecule has 0 aliphatic carbocycles. The number of nitrogens with one attached hydrogen (secondary N) is 1. The van der Waals surface area contributed by atoms with Crippen molar-refractivity contribution in [1.29, 1.82) is 0 Å². The Labute approximate surface area is 155 Å². The Morgan fingerprint density at radius 1 is 1.04 bits per heavy atom. The van der Waals surface area contributed by atoms with Crippen molar-refractivity contribution in [2.45, 2.75) is 0 Å². The van der Waals surface area contributed by atoms with E-state index in [0.29, 0.717) is 14.8 Å². The zero-order valence-corrected chi connectivity index (χ0v) is 14.7. The van der Waals surface area contributed by atoms with Crippen LogP contribution >= 0.6 is 24.0 Å². The number of carbonyl (C=O) groups is 2. The maximum absolute atomic E-state index is 12.4. The second-order valence-corrected chi connectivity index (χ2v) is 6.79. The largest absolute Gasteiger partial charge is 0.285 e. The molecular formula is C19H14N2O2S2. The van der Waals surface area contributed by atoms with Crippen LogP contribution in [0.2, 0.25) is 0 Å². The molecule has 2 aromatic rings. The van der Waals surface area contributed by atoms with Crippen LogP contribution in [-0.2, 0) is 4.79 Å². The van der Waals surface area contributed by atoms with Crippen LogP contribution < -0.4 is 5.43 Å². The standard InChI is InChI=1S/C19H14N2O2S2/c22-17(15-11-5-2-6-12-15)20-21-18(23)16(25-19(21)24)13-7-10-14-8-3-1-4-9-14/h1-13H,(H,20,22)/b10-7+,16-13-. The molecule has 4 nitrogen and oxygen atoms in total. The van der Waals surface area contributed by atoms with Crippen LogP contribution in [0.4, 0.5) is 0 Å². The SMILES string of the molecule is O=C(NN1C(=O)/C(=C/C=C/c2ccccc2)SC1=S)c1ccccc1. The molecule has 0 saturated carbocycles. The van der Waals surface area contributed by atoms with E-state index in [-0.39, 0.29) is 11.8 Å². The van der Waals surface area contributed by atoms with Gasteiger partial charge in [-0.1, -0.05) is 72.4 Å². The van der Waals surface area contributed by atoms with Gasteiger partial charge in [0.25, 0.3) is 11.8 Å². The molecule has 1 fully saturated rings. The monoisotopic (exact) mass is 366 g/mol. The molecule has 0 bridgehead atoms. The minimum atomic E-state index is -0.377. The van der Waals surface area contributed by atoms with Crippen molar-refractivity contribution >= 4 is 46.2 Å². The van der Waals surface area contributed by atoms with Gasteiger partial charge in [0.15, 0.2) is 4.32 Å². The van der Waals surface area contributed by atoms with Crippen molar-refractivity contribution in [3.63, 3.8) is 0 Å². The number of hydrogen-bond donors (Lipinski definition) is 1. The fraction of sp³-hybridized carbons (Fsp3) is 0. The normalized spacial score (nSPS) is 16.0. The summed E-state index contributed by atoms with van der Waals surface area (Å²) in [7, 11) is 0. The van der Waals surface area contributed by atoms with E-state index in [4.69, 9.17) is 12.2 Å². The Morgan fingerprint density at radius 2 is 1.68 bits per heavy atom. The van der Waals surface area contributed by atoms with E-state index in [9.17, 15) is 9.59 Å². The zero-order valence-electron chi connectivity index (χ0n) is 13.1. The molecule has 1 heterocycles. The highest BCUT2D eigenvalue weighted by molar-refractivity contribution is 8.26. The number of nitrogens with zero attached hydrogens (tertiary/aromatic N) is 1. The lowest BCUT2D eigenvalue weighted by Gasteiger charge is -2.15. The molecule has 25 heavy (non-hydrogen) atoms. The number of amides is 2. The number of thiocarbonyl (C=S) groups is 1. The van der Waals surface area contributed by atoms with E-state index in [1.54, 1.807) is 36.4 Å². The summed E-state index contributed by atoms with van der Waals surface area (Å²) in [5.74, 6) is -0.713. The molecule has 1 aliphatic heterocycles. The molecule has 1 saturated heterocycles. The van der Waals surface area contributed by atoms with Gasteiger partial charge in [-0.3, -0.25) is 15.0 Å². The zero-order chi connectivity index (χ0) is 17.6. The number of hydrazine groups is 1. The molecule has 0 spiro atoms. The highest BCUT2D eigenvalue weighted by Crippen LogP contribution is 2.29. The molecule has 0 atom stereocenters. The Kier molecular flexibility index (Phi) is 5.42. The minimum Gasteiger partial charge on any atom is -0.267 e. The van der Waals surface area contributed by atoms with Gasteiger partial charge in [-0.25, -0.2) is 0 Å². The molecule has 124 valence electrons. The van der Waals surface area contributed by atoms with E-state index >= 15 is 0 Å². The third-order valence-corrected chi connectivity index (χ3v) is 4.70. The molecule has 0 aromatic heterocycles. The molecular weight excluding hydrogens is 352 g/mol. The quantitative estimate of drug-likeness (QED) is 0.661. The number of carbonyl (C=O) groups excluding carboxylic acids is 2. The topological polar surface area (TPSA) is 49.4 Å². The van der Waals surface area contributed by atoms with E-state index in [0.717, 1.165) is 22.3 Å². The molecule has 1 N–H and O–H groups in total. The first kappa shape index (κ1) is 17.1. The number of hydrogen-bond acceptors (Lipinski definition) is 4. The van der Waals surface area contributed by atoms with Crippen LogP contribution in [0.25, 0.3) is 6.08 Å². The lowest BCUT2D eigenvalue weighted by Crippen LogP contribution is -2.44. The van der Waals surface area contributed by atoms with Gasteiger partial charge in [0.05, 0.1) is 4.91 Å². The lowest BCUT2D eigenvalue weighted by atomic mass is 10.2. The van der Waals surface area contributed by atoms with Crippen LogP contribution in [-0.4, -0.2) is 21.1 Å². The average molecular weight is 366 g/mol. The van der Waals surface area contributed by atoms with Crippen molar-refractivity contribution in [3.05, 3.63) is 88.8 Å². The Morgan fingerprint density at radius 3 is 2.36 bits per heavy atom. The van der Waals surface area contributed by atoms with Gasteiger partial charge < -0.3 is 0 Å². The summed E-state index contributed by atoms with van der Waals surface area (Å²) in [6.45, 7) is 0. The van der Waals surface area contributed by atoms with E-state index in [1.165, 1.54) is 0 Å². The van der Waals surface area contributed by atoms with E-state index in [2.05, 4.69) is 5.43 Å². The Balaban J connectivity index is 1.69. The van der Waals surface area contributed by atoms with Crippen LogP contribution in [0, 0.1) is 0 Å². The van der Waals surface area contributed by atoms with Gasteiger partial charge in [-0.15, -0.1) is 0 Å². The van der Waals surface area contributed by atoms with Gasteiger partial charge >= 0.3 is 0 Å². The maximum atomic E-state index is 12.4. The highest BCUT2D eigenvalue weighted by Gasteiger charge is 2.33. The molecule has 2 aromatic carbocycles. The summed E-state index contributed by atoms with van der Waals surface area (Å²) in [6.07, 6.45) is 5.39. The summed E-state index contributed by atoms with van der Waals surface area (Å²) in [6, 6.07) is 18.4.